The highest BCUT2D eigenvalue weighted by atomic mass is 15.0. The average Bonchev–Trinajstić information content (AvgIpc) is 3.69. The highest BCUT2D eigenvalue weighted by Crippen LogP contribution is 2.54. The van der Waals surface area contributed by atoms with Crippen LogP contribution >= 0.6 is 0 Å². The molecule has 4 heterocycles. The quantitative estimate of drug-likeness (QED) is 0.159. The Morgan fingerprint density at radius 3 is 1.42 bits per heavy atom. The fourth-order valence-electron chi connectivity index (χ4n) is 11.6. The van der Waals surface area contributed by atoms with Gasteiger partial charge in [-0.25, -0.2) is 0 Å². The summed E-state index contributed by atoms with van der Waals surface area (Å²) in [5, 5.41) is 5.55. The second kappa shape index (κ2) is 11.3. The Balaban J connectivity index is 1.43. The molecule has 1 aliphatic carbocycles. The first-order valence-electron chi connectivity index (χ1n) is 21.7. The van der Waals surface area contributed by atoms with Gasteiger partial charge in [0.1, 0.15) is 0 Å². The smallest absolute Gasteiger partial charge is 0.252 e. The summed E-state index contributed by atoms with van der Waals surface area (Å²) < 4.78 is 5.45. The van der Waals surface area contributed by atoms with Crippen molar-refractivity contribution in [3.05, 3.63) is 136 Å². The maximum Gasteiger partial charge on any atom is 0.252 e. The van der Waals surface area contributed by atoms with E-state index in [2.05, 4.69) is 183 Å². The van der Waals surface area contributed by atoms with Gasteiger partial charge in [-0.2, -0.15) is 0 Å². The van der Waals surface area contributed by atoms with Crippen molar-refractivity contribution in [2.45, 2.75) is 118 Å². The Morgan fingerprint density at radius 1 is 0.456 bits per heavy atom. The summed E-state index contributed by atoms with van der Waals surface area (Å²) >= 11 is 0. The van der Waals surface area contributed by atoms with Crippen LogP contribution in [-0.2, 0) is 10.8 Å². The van der Waals surface area contributed by atoms with Gasteiger partial charge >= 0.3 is 0 Å². The molecule has 8 aromatic rings. The molecule has 11 rings (SSSR count). The molecule has 6 aromatic carbocycles. The zero-order valence-electron chi connectivity index (χ0n) is 35.9. The van der Waals surface area contributed by atoms with Gasteiger partial charge in [0.2, 0.25) is 0 Å². The second-order valence-electron chi connectivity index (χ2n) is 20.2. The van der Waals surface area contributed by atoms with Crippen LogP contribution in [0.4, 0.5) is 0 Å². The maximum absolute atomic E-state index is 2.76. The van der Waals surface area contributed by atoms with Gasteiger partial charge in [-0.1, -0.05) is 132 Å². The first-order valence-corrected chi connectivity index (χ1v) is 21.7. The topological polar surface area (TPSA) is 9.86 Å². The number of hydrogen-bond donors (Lipinski definition) is 0. The van der Waals surface area contributed by atoms with Crippen LogP contribution in [-0.4, -0.2) is 15.8 Å². The molecule has 0 amide bonds. The van der Waals surface area contributed by atoms with Crippen molar-refractivity contribution in [3.8, 4) is 11.4 Å². The van der Waals surface area contributed by atoms with Crippen molar-refractivity contribution in [1.29, 1.82) is 0 Å². The molecule has 3 aliphatic rings. The first-order chi connectivity index (χ1) is 27.1. The Morgan fingerprint density at radius 2 is 0.912 bits per heavy atom. The Kier molecular flexibility index (Phi) is 7.00. The molecule has 0 bridgehead atoms. The van der Waals surface area contributed by atoms with Crippen molar-refractivity contribution in [3.63, 3.8) is 0 Å². The molecule has 284 valence electrons. The molecule has 0 spiro atoms. The van der Waals surface area contributed by atoms with E-state index < -0.39 is 0 Å². The van der Waals surface area contributed by atoms with Gasteiger partial charge in [0.05, 0.1) is 11.0 Å². The van der Waals surface area contributed by atoms with E-state index in [9.17, 15) is 0 Å². The lowest BCUT2D eigenvalue weighted by Gasteiger charge is -2.47. The molecular formula is C54H55BN2. The van der Waals surface area contributed by atoms with Crippen LogP contribution in [0.2, 0.25) is 0 Å². The molecule has 3 heteroatoms. The summed E-state index contributed by atoms with van der Waals surface area (Å²) in [6, 6.07) is 37.0. The van der Waals surface area contributed by atoms with Gasteiger partial charge in [-0.05, 0) is 127 Å². The molecule has 57 heavy (non-hydrogen) atoms. The largest absolute Gasteiger partial charge is 0.310 e. The zero-order chi connectivity index (χ0) is 39.8. The van der Waals surface area contributed by atoms with Crippen LogP contribution in [0.1, 0.15) is 151 Å². The summed E-state index contributed by atoms with van der Waals surface area (Å²) in [5.74, 6) is 1.72. The van der Waals surface area contributed by atoms with Crippen LogP contribution in [0.3, 0.4) is 0 Å². The molecule has 0 fully saturated rings. The Bertz CT molecular complexity index is 3080. The molecule has 0 saturated carbocycles. The minimum atomic E-state index is -0.229. The molecule has 0 saturated heterocycles. The van der Waals surface area contributed by atoms with Crippen LogP contribution in [0.15, 0.2) is 91.0 Å². The van der Waals surface area contributed by atoms with Gasteiger partial charge < -0.3 is 9.13 Å². The van der Waals surface area contributed by atoms with Crippen molar-refractivity contribution >= 4 is 66.7 Å². The summed E-state index contributed by atoms with van der Waals surface area (Å²) in [7, 11) is 0. The number of hydrogen-bond acceptors (Lipinski definition) is 0. The predicted molar refractivity (Wildman–Crippen MR) is 247 cm³/mol. The zero-order valence-corrected chi connectivity index (χ0v) is 35.9. The summed E-state index contributed by atoms with van der Waals surface area (Å²) in [5.41, 5.74) is 23.6. The molecule has 2 aromatic heterocycles. The fourth-order valence-corrected chi connectivity index (χ4v) is 11.6. The van der Waals surface area contributed by atoms with E-state index in [0.29, 0.717) is 23.7 Å². The molecular weight excluding hydrogens is 687 g/mol. The molecule has 0 unspecified atom stereocenters. The molecule has 2 aliphatic heterocycles. The standard InChI is InChI=1S/C54H55BN2/c1-28(2)32-17-19-45-36(21-32)38-23-34(30(5)6)25-43-50(38)56(45)47-27-42-48(54(11,12)41-16-14-13-15-40(41)53(42,9)10)52-49(47)55(43)44-26-35(31(7)8)24-39-37-22-33(29(3)4)18-20-46(37)57(52)51(39)44/h13-31H,1-12H3. The highest BCUT2D eigenvalue weighted by Gasteiger charge is 2.49. The normalized spacial score (nSPS) is 15.9. The van der Waals surface area contributed by atoms with Crippen LogP contribution in [0.5, 0.6) is 0 Å². The number of nitrogens with zero attached hydrogens (tertiary/aromatic N) is 2. The number of fused-ring (bicyclic) bond motifs is 13. The summed E-state index contributed by atoms with van der Waals surface area (Å²) in [6.45, 7) is 28.8. The SMILES string of the molecule is CC(C)c1ccc2c(c1)c1cc(C(C)C)cc3c1n2-c1cc2c(c4c1B3c1cc(C(C)C)cc3c5cc(C(C)C)ccc5n-4c13)C(C)(C)c1ccccc1C2(C)C. The van der Waals surface area contributed by atoms with E-state index >= 15 is 0 Å². The van der Waals surface area contributed by atoms with E-state index in [4.69, 9.17) is 0 Å². The predicted octanol–water partition coefficient (Wildman–Crippen LogP) is 12.5. The maximum atomic E-state index is 2.76. The third kappa shape index (κ3) is 4.34. The van der Waals surface area contributed by atoms with Gasteiger partial charge in [-0.15, -0.1) is 0 Å². The summed E-state index contributed by atoms with van der Waals surface area (Å²) in [6.07, 6.45) is 0. The van der Waals surface area contributed by atoms with E-state index in [-0.39, 0.29) is 17.5 Å². The van der Waals surface area contributed by atoms with Crippen molar-refractivity contribution in [1.82, 2.24) is 9.13 Å². The Hall–Kier alpha value is -5.02. The molecule has 0 radical (unpaired) electrons. The second-order valence-corrected chi connectivity index (χ2v) is 20.2. The third-order valence-electron chi connectivity index (χ3n) is 14.8. The molecule has 2 nitrogen and oxygen atoms in total. The average molecular weight is 743 g/mol. The molecule has 0 N–H and O–H groups in total. The van der Waals surface area contributed by atoms with E-state index in [1.165, 1.54) is 116 Å². The van der Waals surface area contributed by atoms with E-state index in [1.54, 1.807) is 0 Å². The Labute approximate surface area is 339 Å². The summed E-state index contributed by atoms with van der Waals surface area (Å²) in [4.78, 5) is 0. The number of rotatable bonds is 4. The van der Waals surface area contributed by atoms with Crippen molar-refractivity contribution < 1.29 is 0 Å². The van der Waals surface area contributed by atoms with Crippen LogP contribution in [0, 0.1) is 0 Å². The minimum Gasteiger partial charge on any atom is -0.310 e. The van der Waals surface area contributed by atoms with E-state index in [0.717, 1.165) is 0 Å². The van der Waals surface area contributed by atoms with Crippen molar-refractivity contribution in [2.24, 2.45) is 0 Å². The van der Waals surface area contributed by atoms with Crippen LogP contribution < -0.4 is 16.4 Å². The van der Waals surface area contributed by atoms with E-state index in [1.807, 2.05) is 0 Å². The monoisotopic (exact) mass is 742 g/mol. The third-order valence-corrected chi connectivity index (χ3v) is 14.8. The van der Waals surface area contributed by atoms with Gasteiger partial charge in [-0.3, -0.25) is 0 Å². The van der Waals surface area contributed by atoms with Crippen molar-refractivity contribution in [2.75, 3.05) is 0 Å². The fraction of sp³-hybridized carbons (Fsp3) is 0.333. The van der Waals surface area contributed by atoms with Gasteiger partial charge in [0, 0.05) is 54.8 Å². The molecule has 0 atom stereocenters. The number of benzene rings is 6. The highest BCUT2D eigenvalue weighted by molar-refractivity contribution is 7.00. The number of aromatic nitrogens is 2. The lowest BCUT2D eigenvalue weighted by Crippen LogP contribution is -2.60. The lowest BCUT2D eigenvalue weighted by atomic mass is 9.33. The van der Waals surface area contributed by atoms with Crippen LogP contribution in [0.25, 0.3) is 55.0 Å². The minimum absolute atomic E-state index is 0.0987. The van der Waals surface area contributed by atoms with Gasteiger partial charge in [0.25, 0.3) is 6.71 Å². The van der Waals surface area contributed by atoms with Gasteiger partial charge in [0.15, 0.2) is 0 Å². The first kappa shape index (κ1) is 35.2. The lowest BCUT2D eigenvalue weighted by molar-refractivity contribution is 0.519.